The Hall–Kier alpha value is -2.64. The smallest absolute Gasteiger partial charge is 0.212 e. The Kier molecular flexibility index (Phi) is 5.19. The van der Waals surface area contributed by atoms with Crippen LogP contribution in [0.25, 0.3) is 11.3 Å². The van der Waals surface area contributed by atoms with E-state index in [1.165, 1.54) is 0 Å². The second kappa shape index (κ2) is 7.77. The number of nitrogens with one attached hydrogen (secondary N) is 1. The Bertz CT molecular complexity index is 1080. The second-order valence-electron chi connectivity index (χ2n) is 6.97. The van der Waals surface area contributed by atoms with Crippen molar-refractivity contribution in [3.63, 3.8) is 0 Å². The molecular weight excluding hydrogens is 374 g/mol. The average molecular weight is 398 g/mol. The molecule has 146 valence electrons. The number of sulfonamides is 1. The first kappa shape index (κ1) is 18.7. The van der Waals surface area contributed by atoms with E-state index in [0.29, 0.717) is 13.0 Å². The molecule has 2 heterocycles. The van der Waals surface area contributed by atoms with Crippen LogP contribution in [0.5, 0.6) is 5.75 Å². The molecule has 0 saturated heterocycles. The Morgan fingerprint density at radius 3 is 2.82 bits per heavy atom. The third kappa shape index (κ3) is 4.26. The Labute approximate surface area is 165 Å². The van der Waals surface area contributed by atoms with Crippen LogP contribution in [0.4, 0.5) is 0 Å². The Morgan fingerprint density at radius 1 is 1.18 bits per heavy atom. The molecule has 0 spiro atoms. The van der Waals surface area contributed by atoms with Gasteiger partial charge < -0.3 is 4.74 Å². The summed E-state index contributed by atoms with van der Waals surface area (Å²) in [4.78, 5) is 0. The van der Waals surface area contributed by atoms with Crippen LogP contribution < -0.4 is 9.46 Å². The molecule has 0 aliphatic carbocycles. The summed E-state index contributed by atoms with van der Waals surface area (Å²) in [5.41, 5.74) is 4.79. The Morgan fingerprint density at radius 2 is 2.00 bits per heavy atom. The number of aryl methyl sites for hydroxylation is 2. The van der Waals surface area contributed by atoms with Crippen molar-refractivity contribution >= 4 is 10.0 Å². The number of hydrogen-bond acceptors (Lipinski definition) is 4. The van der Waals surface area contributed by atoms with Gasteiger partial charge in [-0.25, -0.2) is 13.1 Å². The number of fused-ring (bicyclic) bond motifs is 1. The maximum atomic E-state index is 12.5. The summed E-state index contributed by atoms with van der Waals surface area (Å²) in [5.74, 6) is 0.961. The molecule has 1 N–H and O–H groups in total. The van der Waals surface area contributed by atoms with Crippen molar-refractivity contribution in [1.82, 2.24) is 14.5 Å². The van der Waals surface area contributed by atoms with Crippen LogP contribution >= 0.6 is 0 Å². The van der Waals surface area contributed by atoms with Gasteiger partial charge in [-0.3, -0.25) is 4.68 Å². The van der Waals surface area contributed by atoms with Crippen molar-refractivity contribution in [2.75, 3.05) is 12.4 Å². The zero-order valence-electron chi connectivity index (χ0n) is 15.8. The van der Waals surface area contributed by atoms with E-state index in [1.54, 1.807) is 4.68 Å². The standard InChI is InChI=1S/C21H23N3O3S/c1-24-15-19(21(23-24)17-5-3-2-4-6-17)14-22-28(25,26)12-10-16-7-8-20-18(13-16)9-11-27-20/h2-8,13,15,22H,9-12,14H2,1H3. The van der Waals surface area contributed by atoms with E-state index < -0.39 is 10.0 Å². The lowest BCUT2D eigenvalue weighted by molar-refractivity contribution is 0.357. The summed E-state index contributed by atoms with van der Waals surface area (Å²) in [6, 6.07) is 15.7. The van der Waals surface area contributed by atoms with Crippen LogP contribution in [-0.4, -0.2) is 30.6 Å². The maximum absolute atomic E-state index is 12.5. The highest BCUT2D eigenvalue weighted by Crippen LogP contribution is 2.26. The van der Waals surface area contributed by atoms with Gasteiger partial charge in [0.05, 0.1) is 18.1 Å². The fourth-order valence-electron chi connectivity index (χ4n) is 3.41. The fourth-order valence-corrected chi connectivity index (χ4v) is 4.44. The zero-order chi connectivity index (χ0) is 19.6. The van der Waals surface area contributed by atoms with Crippen molar-refractivity contribution in [2.24, 2.45) is 7.05 Å². The van der Waals surface area contributed by atoms with Gasteiger partial charge >= 0.3 is 0 Å². The molecular formula is C21H23N3O3S. The van der Waals surface area contributed by atoms with Crippen molar-refractivity contribution in [1.29, 1.82) is 0 Å². The third-order valence-electron chi connectivity index (χ3n) is 4.85. The number of nitrogens with zero attached hydrogens (tertiary/aromatic N) is 2. The molecule has 6 nitrogen and oxygen atoms in total. The van der Waals surface area contributed by atoms with E-state index in [2.05, 4.69) is 9.82 Å². The Balaban J connectivity index is 1.40. The third-order valence-corrected chi connectivity index (χ3v) is 6.17. The summed E-state index contributed by atoms with van der Waals surface area (Å²) in [5, 5.41) is 4.48. The predicted molar refractivity (Wildman–Crippen MR) is 109 cm³/mol. The van der Waals surface area contributed by atoms with Gasteiger partial charge in [0.1, 0.15) is 5.75 Å². The first-order chi connectivity index (χ1) is 13.5. The minimum Gasteiger partial charge on any atom is -0.493 e. The van der Waals surface area contributed by atoms with Crippen molar-refractivity contribution in [2.45, 2.75) is 19.4 Å². The predicted octanol–water partition coefficient (Wildman–Crippen LogP) is 2.68. The van der Waals surface area contributed by atoms with Gasteiger partial charge in [-0.1, -0.05) is 42.5 Å². The largest absolute Gasteiger partial charge is 0.493 e. The quantitative estimate of drug-likeness (QED) is 0.665. The molecule has 0 unspecified atom stereocenters. The number of benzene rings is 2. The lowest BCUT2D eigenvalue weighted by Crippen LogP contribution is -2.27. The lowest BCUT2D eigenvalue weighted by atomic mass is 10.1. The molecule has 3 aromatic rings. The van der Waals surface area contributed by atoms with Gasteiger partial charge in [0.2, 0.25) is 10.0 Å². The molecule has 4 rings (SSSR count). The molecule has 7 heteroatoms. The summed E-state index contributed by atoms with van der Waals surface area (Å²) in [6.07, 6.45) is 3.21. The van der Waals surface area contributed by atoms with Gasteiger partial charge in [0.25, 0.3) is 0 Å². The van der Waals surface area contributed by atoms with E-state index in [1.807, 2.05) is 61.8 Å². The van der Waals surface area contributed by atoms with Crippen LogP contribution in [0.1, 0.15) is 16.7 Å². The van der Waals surface area contributed by atoms with E-state index in [0.717, 1.165) is 40.1 Å². The van der Waals surface area contributed by atoms with Crippen molar-refractivity contribution < 1.29 is 13.2 Å². The normalized spacial score (nSPS) is 13.3. The number of ether oxygens (including phenoxy) is 1. The van der Waals surface area contributed by atoms with Gasteiger partial charge in [0.15, 0.2) is 0 Å². The molecule has 0 bridgehead atoms. The summed E-state index contributed by atoms with van der Waals surface area (Å²) in [7, 11) is -1.56. The molecule has 1 aliphatic rings. The monoisotopic (exact) mass is 397 g/mol. The van der Waals surface area contributed by atoms with Gasteiger partial charge in [-0.2, -0.15) is 5.10 Å². The summed E-state index contributed by atoms with van der Waals surface area (Å²) < 4.78 is 34.9. The molecule has 0 saturated carbocycles. The average Bonchev–Trinajstić information content (AvgIpc) is 3.31. The number of aromatic nitrogens is 2. The molecule has 28 heavy (non-hydrogen) atoms. The molecule has 2 aromatic carbocycles. The van der Waals surface area contributed by atoms with Gasteiger partial charge in [-0.05, 0) is 23.6 Å². The molecule has 0 amide bonds. The van der Waals surface area contributed by atoms with Crippen LogP contribution in [0.2, 0.25) is 0 Å². The first-order valence-electron chi connectivity index (χ1n) is 9.30. The van der Waals surface area contributed by atoms with E-state index in [9.17, 15) is 8.42 Å². The zero-order valence-corrected chi connectivity index (χ0v) is 16.6. The maximum Gasteiger partial charge on any atom is 0.212 e. The van der Waals surface area contributed by atoms with Gasteiger partial charge in [0, 0.05) is 37.3 Å². The van der Waals surface area contributed by atoms with E-state index in [-0.39, 0.29) is 12.3 Å². The lowest BCUT2D eigenvalue weighted by Gasteiger charge is -2.08. The van der Waals surface area contributed by atoms with E-state index in [4.69, 9.17) is 4.74 Å². The highest BCUT2D eigenvalue weighted by molar-refractivity contribution is 7.89. The van der Waals surface area contributed by atoms with Crippen LogP contribution in [0, 0.1) is 0 Å². The second-order valence-corrected chi connectivity index (χ2v) is 8.90. The minimum atomic E-state index is -3.40. The fraction of sp³-hybridized carbons (Fsp3) is 0.286. The van der Waals surface area contributed by atoms with Crippen molar-refractivity contribution in [3.05, 3.63) is 71.4 Å². The molecule has 1 aromatic heterocycles. The summed E-state index contributed by atoms with van der Waals surface area (Å²) >= 11 is 0. The summed E-state index contributed by atoms with van der Waals surface area (Å²) in [6.45, 7) is 0.923. The molecule has 0 fully saturated rings. The first-order valence-corrected chi connectivity index (χ1v) is 11.0. The van der Waals surface area contributed by atoms with Crippen molar-refractivity contribution in [3.8, 4) is 17.0 Å². The molecule has 1 aliphatic heterocycles. The minimum absolute atomic E-state index is 0.0492. The molecule has 0 radical (unpaired) electrons. The highest BCUT2D eigenvalue weighted by atomic mass is 32.2. The van der Waals surface area contributed by atoms with Crippen LogP contribution in [0.15, 0.2) is 54.7 Å². The number of hydrogen-bond donors (Lipinski definition) is 1. The van der Waals surface area contributed by atoms with Crippen LogP contribution in [0.3, 0.4) is 0 Å². The molecule has 0 atom stereocenters. The topological polar surface area (TPSA) is 73.2 Å². The number of rotatable bonds is 7. The van der Waals surface area contributed by atoms with Crippen LogP contribution in [-0.2, 0) is 36.5 Å². The highest BCUT2D eigenvalue weighted by Gasteiger charge is 2.16. The van der Waals surface area contributed by atoms with Gasteiger partial charge in [-0.15, -0.1) is 0 Å². The SMILES string of the molecule is Cn1cc(CNS(=O)(=O)CCc2ccc3c(c2)CCO3)c(-c2ccccc2)n1. The van der Waals surface area contributed by atoms with E-state index >= 15 is 0 Å².